The summed E-state index contributed by atoms with van der Waals surface area (Å²) in [5, 5.41) is 11.6. The maximum Gasteiger partial charge on any atom is 0.339 e. The molecule has 0 unspecified atom stereocenters. The van der Waals surface area contributed by atoms with Crippen LogP contribution in [-0.2, 0) is 10.5 Å². The summed E-state index contributed by atoms with van der Waals surface area (Å²) in [4.78, 5) is 22.1. The summed E-state index contributed by atoms with van der Waals surface area (Å²) in [6.07, 6.45) is 0.912. The van der Waals surface area contributed by atoms with E-state index >= 15 is 0 Å². The number of furan rings is 1. The molecule has 0 spiro atoms. The van der Waals surface area contributed by atoms with Crippen molar-refractivity contribution in [2.24, 2.45) is 0 Å². The van der Waals surface area contributed by atoms with Gasteiger partial charge in [-0.3, -0.25) is 4.79 Å². The van der Waals surface area contributed by atoms with Gasteiger partial charge in [-0.15, -0.1) is 11.8 Å². The van der Waals surface area contributed by atoms with Gasteiger partial charge in [0.1, 0.15) is 17.1 Å². The number of carbonyl (C=O) groups excluding carboxylic acids is 1. The highest BCUT2D eigenvalue weighted by molar-refractivity contribution is 7.99. The molecule has 0 aromatic carbocycles. The van der Waals surface area contributed by atoms with Gasteiger partial charge in [0.05, 0.1) is 11.5 Å². The molecule has 0 aliphatic heterocycles. The second-order valence-electron chi connectivity index (χ2n) is 3.83. The topological polar surface area (TPSA) is 79.5 Å². The standard InChI is InChI=1S/C12H17NO4S/c1-3-4-13-11(14)7-18-6-9-5-10(12(15)16)8(2)17-9/h5H,3-4,6-7H2,1-2H3,(H,13,14)(H,15,16). The van der Waals surface area contributed by atoms with E-state index in [9.17, 15) is 9.59 Å². The molecular formula is C12H17NO4S. The molecule has 1 aromatic heterocycles. The Kier molecular flexibility index (Phi) is 5.77. The first-order valence-corrected chi connectivity index (χ1v) is 6.87. The molecule has 100 valence electrons. The van der Waals surface area contributed by atoms with Crippen LogP contribution in [0, 0.1) is 6.92 Å². The van der Waals surface area contributed by atoms with Crippen molar-refractivity contribution >= 4 is 23.6 Å². The Bertz CT molecular complexity index is 428. The monoisotopic (exact) mass is 271 g/mol. The van der Waals surface area contributed by atoms with Crippen LogP contribution in [0.5, 0.6) is 0 Å². The molecule has 18 heavy (non-hydrogen) atoms. The van der Waals surface area contributed by atoms with Gasteiger partial charge in [0.15, 0.2) is 0 Å². The van der Waals surface area contributed by atoms with Gasteiger partial charge in [0, 0.05) is 6.54 Å². The van der Waals surface area contributed by atoms with Crippen molar-refractivity contribution in [3.8, 4) is 0 Å². The lowest BCUT2D eigenvalue weighted by atomic mass is 10.2. The predicted octanol–water partition coefficient (Wildman–Crippen LogP) is 2.05. The van der Waals surface area contributed by atoms with Crippen LogP contribution in [0.4, 0.5) is 0 Å². The zero-order chi connectivity index (χ0) is 13.5. The summed E-state index contributed by atoms with van der Waals surface area (Å²) in [5.74, 6) is 0.819. The number of rotatable bonds is 7. The molecule has 1 amide bonds. The van der Waals surface area contributed by atoms with E-state index in [1.807, 2.05) is 6.92 Å². The first-order valence-electron chi connectivity index (χ1n) is 5.71. The molecule has 1 aromatic rings. The number of carbonyl (C=O) groups is 2. The third-order valence-electron chi connectivity index (χ3n) is 2.25. The van der Waals surface area contributed by atoms with Crippen molar-refractivity contribution in [1.29, 1.82) is 0 Å². The van der Waals surface area contributed by atoms with Crippen molar-refractivity contribution in [3.63, 3.8) is 0 Å². The maximum atomic E-state index is 11.3. The first-order chi connectivity index (χ1) is 8.54. The lowest BCUT2D eigenvalue weighted by Gasteiger charge is -2.01. The van der Waals surface area contributed by atoms with E-state index in [1.165, 1.54) is 17.8 Å². The van der Waals surface area contributed by atoms with Gasteiger partial charge in [0.2, 0.25) is 5.91 Å². The minimum atomic E-state index is -0.992. The van der Waals surface area contributed by atoms with Crippen LogP contribution in [0.3, 0.4) is 0 Å². The molecule has 0 saturated carbocycles. The average molecular weight is 271 g/mol. The third kappa shape index (κ3) is 4.44. The van der Waals surface area contributed by atoms with E-state index in [-0.39, 0.29) is 11.5 Å². The third-order valence-corrected chi connectivity index (χ3v) is 3.20. The van der Waals surface area contributed by atoms with Crippen LogP contribution in [0.2, 0.25) is 0 Å². The van der Waals surface area contributed by atoms with Gasteiger partial charge >= 0.3 is 5.97 Å². The van der Waals surface area contributed by atoms with Crippen LogP contribution in [0.15, 0.2) is 10.5 Å². The summed E-state index contributed by atoms with van der Waals surface area (Å²) in [7, 11) is 0. The van der Waals surface area contributed by atoms with Gasteiger partial charge in [-0.1, -0.05) is 6.92 Å². The Morgan fingerprint density at radius 2 is 2.22 bits per heavy atom. The molecular weight excluding hydrogens is 254 g/mol. The number of amides is 1. The van der Waals surface area contributed by atoms with Crippen LogP contribution in [0.25, 0.3) is 0 Å². The molecule has 2 N–H and O–H groups in total. The number of thioether (sulfide) groups is 1. The van der Waals surface area contributed by atoms with E-state index < -0.39 is 5.97 Å². The number of carboxylic acids is 1. The largest absolute Gasteiger partial charge is 0.478 e. The maximum absolute atomic E-state index is 11.3. The lowest BCUT2D eigenvalue weighted by Crippen LogP contribution is -2.25. The van der Waals surface area contributed by atoms with E-state index in [0.29, 0.717) is 29.6 Å². The van der Waals surface area contributed by atoms with Crippen LogP contribution >= 0.6 is 11.8 Å². The number of hydrogen-bond acceptors (Lipinski definition) is 4. The summed E-state index contributed by atoms with van der Waals surface area (Å²) in [6, 6.07) is 1.51. The van der Waals surface area contributed by atoms with E-state index in [2.05, 4.69) is 5.32 Å². The number of carboxylic acid groups (broad SMARTS) is 1. The van der Waals surface area contributed by atoms with E-state index in [1.54, 1.807) is 6.92 Å². The SMILES string of the molecule is CCCNC(=O)CSCc1cc(C(=O)O)c(C)o1. The highest BCUT2D eigenvalue weighted by Gasteiger charge is 2.13. The van der Waals surface area contributed by atoms with Gasteiger partial charge in [-0.2, -0.15) is 0 Å². The highest BCUT2D eigenvalue weighted by atomic mass is 32.2. The van der Waals surface area contributed by atoms with Gasteiger partial charge < -0.3 is 14.8 Å². The summed E-state index contributed by atoms with van der Waals surface area (Å²) in [6.45, 7) is 4.29. The smallest absolute Gasteiger partial charge is 0.339 e. The molecule has 0 bridgehead atoms. The molecule has 6 heteroatoms. The zero-order valence-electron chi connectivity index (χ0n) is 10.5. The van der Waals surface area contributed by atoms with Crippen LogP contribution in [-0.4, -0.2) is 29.3 Å². The van der Waals surface area contributed by atoms with E-state index in [4.69, 9.17) is 9.52 Å². The molecule has 1 heterocycles. The number of nitrogens with one attached hydrogen (secondary N) is 1. The minimum Gasteiger partial charge on any atom is -0.478 e. The highest BCUT2D eigenvalue weighted by Crippen LogP contribution is 2.19. The Hall–Kier alpha value is -1.43. The van der Waals surface area contributed by atoms with Crippen molar-refractivity contribution < 1.29 is 19.1 Å². The normalized spacial score (nSPS) is 10.3. The Morgan fingerprint density at radius 3 is 2.78 bits per heavy atom. The van der Waals surface area contributed by atoms with Crippen molar-refractivity contribution in [1.82, 2.24) is 5.32 Å². The molecule has 1 rings (SSSR count). The fourth-order valence-electron chi connectivity index (χ4n) is 1.39. The Balaban J connectivity index is 2.38. The zero-order valence-corrected chi connectivity index (χ0v) is 11.3. The molecule has 0 atom stereocenters. The van der Waals surface area contributed by atoms with Crippen LogP contribution < -0.4 is 5.32 Å². The molecule has 0 saturated heterocycles. The van der Waals surface area contributed by atoms with Gasteiger partial charge in [-0.25, -0.2) is 4.79 Å². The van der Waals surface area contributed by atoms with E-state index in [0.717, 1.165) is 6.42 Å². The first kappa shape index (κ1) is 14.6. The molecule has 0 aliphatic rings. The van der Waals surface area contributed by atoms with Crippen molar-refractivity contribution in [3.05, 3.63) is 23.2 Å². The predicted molar refractivity (Wildman–Crippen MR) is 69.9 cm³/mol. The fourth-order valence-corrected chi connectivity index (χ4v) is 2.12. The van der Waals surface area contributed by atoms with Crippen LogP contribution in [0.1, 0.15) is 35.2 Å². The second kappa shape index (κ2) is 7.10. The van der Waals surface area contributed by atoms with Gasteiger partial charge in [0.25, 0.3) is 0 Å². The second-order valence-corrected chi connectivity index (χ2v) is 4.82. The summed E-state index contributed by atoms with van der Waals surface area (Å²) in [5.41, 5.74) is 0.182. The molecule has 5 nitrogen and oxygen atoms in total. The number of aryl methyl sites for hydroxylation is 1. The Labute approximate surface area is 110 Å². The number of hydrogen-bond donors (Lipinski definition) is 2. The minimum absolute atomic E-state index is 0.0106. The summed E-state index contributed by atoms with van der Waals surface area (Å²) >= 11 is 1.40. The molecule has 0 aliphatic carbocycles. The quantitative estimate of drug-likeness (QED) is 0.793. The molecule has 0 radical (unpaired) electrons. The number of aromatic carboxylic acids is 1. The Morgan fingerprint density at radius 1 is 1.50 bits per heavy atom. The average Bonchev–Trinajstić information content (AvgIpc) is 2.68. The summed E-state index contributed by atoms with van der Waals surface area (Å²) < 4.78 is 5.31. The fraction of sp³-hybridized carbons (Fsp3) is 0.500. The van der Waals surface area contributed by atoms with Gasteiger partial charge in [-0.05, 0) is 19.4 Å². The molecule has 0 fully saturated rings. The van der Waals surface area contributed by atoms with Crippen molar-refractivity contribution in [2.75, 3.05) is 12.3 Å². The van der Waals surface area contributed by atoms with Crippen molar-refractivity contribution in [2.45, 2.75) is 26.0 Å². The lowest BCUT2D eigenvalue weighted by molar-refractivity contribution is -0.118.